The summed E-state index contributed by atoms with van der Waals surface area (Å²) in [5.41, 5.74) is -1.54. The van der Waals surface area contributed by atoms with E-state index in [1.54, 1.807) is 0 Å². The highest BCUT2D eigenvalue weighted by atomic mass is 19.4. The van der Waals surface area contributed by atoms with Crippen LogP contribution in [0, 0.1) is 17.3 Å². The molecule has 29 heavy (non-hydrogen) atoms. The summed E-state index contributed by atoms with van der Waals surface area (Å²) < 4.78 is 54.5. The normalized spacial score (nSPS) is 21.8. The van der Waals surface area contributed by atoms with Gasteiger partial charge in [-0.15, -0.1) is 0 Å². The van der Waals surface area contributed by atoms with Crippen molar-refractivity contribution in [2.45, 2.75) is 43.9 Å². The number of carbonyl (C=O) groups excluding carboxylic acids is 1. The lowest BCUT2D eigenvalue weighted by molar-refractivity contribution is -0.137. The van der Waals surface area contributed by atoms with Crippen LogP contribution in [0.5, 0.6) is 0 Å². The topological polar surface area (TPSA) is 60.2 Å². The Morgan fingerprint density at radius 2 is 1.79 bits per heavy atom. The van der Waals surface area contributed by atoms with Gasteiger partial charge < -0.3 is 0 Å². The number of fused-ring (bicyclic) bond motifs is 1. The van der Waals surface area contributed by atoms with Gasteiger partial charge in [-0.05, 0) is 43.2 Å². The van der Waals surface area contributed by atoms with Crippen LogP contribution in [0.4, 0.5) is 33.7 Å². The summed E-state index contributed by atoms with van der Waals surface area (Å²) in [7, 11) is 0. The molecule has 150 valence electrons. The molecule has 0 unspecified atom stereocenters. The molecule has 1 aliphatic heterocycles. The van der Waals surface area contributed by atoms with Crippen molar-refractivity contribution in [2.24, 2.45) is 0 Å². The van der Waals surface area contributed by atoms with E-state index < -0.39 is 29.3 Å². The van der Waals surface area contributed by atoms with Gasteiger partial charge in [-0.1, -0.05) is 12.8 Å². The SMILES string of the molecule is N#Cc1ccc(N2C(=O)N(c3cccnc3F)[C@H]3CCCC[C@@H]32)cc1C(F)(F)F. The van der Waals surface area contributed by atoms with Crippen LogP contribution in [-0.2, 0) is 6.18 Å². The summed E-state index contributed by atoms with van der Waals surface area (Å²) in [6.07, 6.45) is -0.602. The van der Waals surface area contributed by atoms with Crippen molar-refractivity contribution >= 4 is 17.4 Å². The lowest BCUT2D eigenvalue weighted by atomic mass is 9.89. The molecule has 0 spiro atoms. The van der Waals surface area contributed by atoms with E-state index >= 15 is 0 Å². The Kier molecular flexibility index (Phi) is 4.65. The quantitative estimate of drug-likeness (QED) is 0.530. The van der Waals surface area contributed by atoms with E-state index in [9.17, 15) is 22.4 Å². The van der Waals surface area contributed by atoms with Gasteiger partial charge in [-0.3, -0.25) is 9.80 Å². The number of anilines is 2. The number of urea groups is 1. The molecule has 2 aliphatic rings. The Hall–Kier alpha value is -3.15. The molecule has 1 aliphatic carbocycles. The van der Waals surface area contributed by atoms with E-state index in [0.717, 1.165) is 25.0 Å². The van der Waals surface area contributed by atoms with Gasteiger partial charge in [-0.25, -0.2) is 9.78 Å². The van der Waals surface area contributed by atoms with E-state index in [-0.39, 0.29) is 23.5 Å². The largest absolute Gasteiger partial charge is 0.417 e. The lowest BCUT2D eigenvalue weighted by Gasteiger charge is -2.31. The van der Waals surface area contributed by atoms with Crippen LogP contribution in [0.15, 0.2) is 36.5 Å². The molecule has 2 aromatic rings. The van der Waals surface area contributed by atoms with Crippen LogP contribution in [0.2, 0.25) is 0 Å². The first kappa shape index (κ1) is 19.2. The minimum Gasteiger partial charge on any atom is -0.289 e. The number of halogens is 4. The second kappa shape index (κ2) is 7.03. The van der Waals surface area contributed by atoms with Crippen molar-refractivity contribution in [1.29, 1.82) is 5.26 Å². The number of benzene rings is 1. The molecule has 2 atom stereocenters. The van der Waals surface area contributed by atoms with Gasteiger partial charge in [0.15, 0.2) is 0 Å². The highest BCUT2D eigenvalue weighted by molar-refractivity contribution is 6.07. The third-order valence-corrected chi connectivity index (χ3v) is 5.48. The van der Waals surface area contributed by atoms with Crippen LogP contribution in [-0.4, -0.2) is 23.1 Å². The van der Waals surface area contributed by atoms with Gasteiger partial charge in [0, 0.05) is 11.9 Å². The summed E-state index contributed by atoms with van der Waals surface area (Å²) in [5, 5.41) is 9.01. The number of rotatable bonds is 2. The molecular weight excluding hydrogens is 388 g/mol. The first-order chi connectivity index (χ1) is 13.8. The molecular formula is C20H16F4N4O. The van der Waals surface area contributed by atoms with Gasteiger partial charge in [0.05, 0.1) is 29.3 Å². The van der Waals surface area contributed by atoms with Crippen LogP contribution < -0.4 is 9.80 Å². The number of carbonyl (C=O) groups is 1. The average molecular weight is 404 g/mol. The fourth-order valence-corrected chi connectivity index (χ4v) is 4.25. The third-order valence-electron chi connectivity index (χ3n) is 5.48. The van der Waals surface area contributed by atoms with Crippen LogP contribution in [0.1, 0.15) is 36.8 Å². The van der Waals surface area contributed by atoms with Gasteiger partial charge in [-0.2, -0.15) is 22.8 Å². The van der Waals surface area contributed by atoms with E-state index in [0.29, 0.717) is 12.8 Å². The zero-order chi connectivity index (χ0) is 20.8. The van der Waals surface area contributed by atoms with Crippen molar-refractivity contribution in [3.63, 3.8) is 0 Å². The molecule has 9 heteroatoms. The number of aromatic nitrogens is 1. The molecule has 0 N–H and O–H groups in total. The number of amides is 2. The molecule has 2 fully saturated rings. The second-order valence-corrected chi connectivity index (χ2v) is 7.09. The molecule has 5 nitrogen and oxygen atoms in total. The lowest BCUT2D eigenvalue weighted by Crippen LogP contribution is -2.40. The summed E-state index contributed by atoms with van der Waals surface area (Å²) >= 11 is 0. The predicted molar refractivity (Wildman–Crippen MR) is 96.8 cm³/mol. The number of pyridine rings is 1. The van der Waals surface area contributed by atoms with Crippen molar-refractivity contribution in [1.82, 2.24) is 4.98 Å². The average Bonchev–Trinajstić information content (AvgIpc) is 2.99. The van der Waals surface area contributed by atoms with Gasteiger partial charge >= 0.3 is 12.2 Å². The Morgan fingerprint density at radius 1 is 1.10 bits per heavy atom. The van der Waals surface area contributed by atoms with Gasteiger partial charge in [0.1, 0.15) is 5.69 Å². The first-order valence-corrected chi connectivity index (χ1v) is 9.17. The summed E-state index contributed by atoms with van der Waals surface area (Å²) in [4.78, 5) is 19.5. The molecule has 1 saturated heterocycles. The molecule has 1 aromatic heterocycles. The Labute approximate surface area is 164 Å². The Bertz CT molecular complexity index is 1000. The maximum Gasteiger partial charge on any atom is 0.417 e. The maximum absolute atomic E-state index is 14.3. The second-order valence-electron chi connectivity index (χ2n) is 7.09. The first-order valence-electron chi connectivity index (χ1n) is 9.17. The number of nitrogens with zero attached hydrogens (tertiary/aromatic N) is 4. The minimum absolute atomic E-state index is 0.0154. The molecule has 0 radical (unpaired) electrons. The highest BCUT2D eigenvalue weighted by Crippen LogP contribution is 2.42. The highest BCUT2D eigenvalue weighted by Gasteiger charge is 2.49. The van der Waals surface area contributed by atoms with Crippen molar-refractivity contribution in [2.75, 3.05) is 9.80 Å². The summed E-state index contributed by atoms with van der Waals surface area (Å²) in [6.45, 7) is 0. The van der Waals surface area contributed by atoms with E-state index in [1.807, 2.05) is 0 Å². The van der Waals surface area contributed by atoms with Crippen LogP contribution in [0.25, 0.3) is 0 Å². The van der Waals surface area contributed by atoms with Gasteiger partial charge in [0.2, 0.25) is 5.95 Å². The molecule has 2 heterocycles. The Balaban J connectivity index is 1.81. The number of alkyl halides is 3. The van der Waals surface area contributed by atoms with Crippen molar-refractivity contribution in [3.05, 3.63) is 53.6 Å². The molecule has 4 rings (SSSR count). The fraction of sp³-hybridized carbons (Fsp3) is 0.350. The van der Waals surface area contributed by atoms with Gasteiger partial charge in [0.25, 0.3) is 0 Å². The summed E-state index contributed by atoms with van der Waals surface area (Å²) in [5.74, 6) is -0.803. The van der Waals surface area contributed by atoms with E-state index in [2.05, 4.69) is 4.98 Å². The predicted octanol–water partition coefficient (Wildman–Crippen LogP) is 4.87. The standard InChI is InChI=1S/C20H16F4N4O/c21-18-17(6-3-9-26-18)28-16-5-2-1-4-15(16)27(19(28)29)13-8-7-12(11-25)14(10-13)20(22,23)24/h3,6-10,15-16H,1-2,4-5H2/t15-,16-/m0/s1. The zero-order valence-electron chi connectivity index (χ0n) is 15.2. The van der Waals surface area contributed by atoms with Crippen molar-refractivity contribution < 1.29 is 22.4 Å². The van der Waals surface area contributed by atoms with Crippen LogP contribution >= 0.6 is 0 Å². The smallest absolute Gasteiger partial charge is 0.289 e. The Morgan fingerprint density at radius 3 is 2.41 bits per heavy atom. The molecule has 2 amide bonds. The third kappa shape index (κ3) is 3.18. The minimum atomic E-state index is -4.73. The monoisotopic (exact) mass is 404 g/mol. The maximum atomic E-state index is 14.3. The number of hydrogen-bond acceptors (Lipinski definition) is 3. The van der Waals surface area contributed by atoms with E-state index in [1.165, 1.54) is 40.3 Å². The summed E-state index contributed by atoms with van der Waals surface area (Å²) in [6, 6.07) is 6.38. The number of hydrogen-bond donors (Lipinski definition) is 0. The molecule has 1 aromatic carbocycles. The molecule has 1 saturated carbocycles. The molecule has 0 bridgehead atoms. The van der Waals surface area contributed by atoms with Crippen LogP contribution in [0.3, 0.4) is 0 Å². The number of nitriles is 1. The van der Waals surface area contributed by atoms with Crippen molar-refractivity contribution in [3.8, 4) is 6.07 Å². The zero-order valence-corrected chi connectivity index (χ0v) is 15.2. The fourth-order valence-electron chi connectivity index (χ4n) is 4.25. The van der Waals surface area contributed by atoms with E-state index in [4.69, 9.17) is 5.26 Å².